The molecule has 5 heteroatoms. The summed E-state index contributed by atoms with van der Waals surface area (Å²) in [6, 6.07) is 48.8. The smallest absolute Gasteiger partial charge is 0.329 e. The standard InChI is InChI=1S/C58H53BN2OS/c1-55(2,3)35-24-27-45(40(30-35)34-18-10-9-11-19-34)60-46-33-41-37-20-12-14-22-47(37)62-53(41)49-42-31-36(56(4,5)6)32-43-51(42)61(58(8)29-17-16-28-57(43,58)7)59(50(46)49)44-26-25-39-38-21-13-15-23-48(38)63-54(39)52(44)60/h9-15,18-27,30-33H,16-17,28-29H2,1-8H3. The minimum atomic E-state index is -0.0978. The Balaban J connectivity index is 1.25. The van der Waals surface area contributed by atoms with Gasteiger partial charge < -0.3 is 14.1 Å². The second kappa shape index (κ2) is 12.5. The molecule has 0 saturated heterocycles. The fraction of sp³-hybridized carbons (Fsp3) is 0.276. The lowest BCUT2D eigenvalue weighted by Crippen LogP contribution is -2.70. The SMILES string of the molecule is CC(C)(C)c1ccc(N2c3cc4c(oc5ccccc54)c4c3B(c3ccc5c(sc6ccccc65)c32)N2c3c-4cc(C(C)(C)C)cc3C3(C)CCCCC23C)c(-c2ccccc2)c1. The molecule has 3 aliphatic heterocycles. The molecule has 310 valence electrons. The minimum Gasteiger partial charge on any atom is -0.455 e. The molecular weight excluding hydrogens is 784 g/mol. The fourth-order valence-corrected chi connectivity index (χ4v) is 13.8. The molecule has 0 bridgehead atoms. The normalized spacial score (nSPS) is 20.2. The number of anilines is 4. The van der Waals surface area contributed by atoms with Crippen LogP contribution in [0.3, 0.4) is 0 Å². The maximum Gasteiger partial charge on any atom is 0.329 e. The predicted octanol–water partition coefficient (Wildman–Crippen LogP) is 15.2. The van der Waals surface area contributed by atoms with Crippen molar-refractivity contribution in [1.82, 2.24) is 0 Å². The predicted molar refractivity (Wildman–Crippen MR) is 271 cm³/mol. The van der Waals surface area contributed by atoms with Crippen LogP contribution in [0.4, 0.5) is 22.7 Å². The Bertz CT molecular complexity index is 3440. The van der Waals surface area contributed by atoms with Crippen molar-refractivity contribution < 1.29 is 4.42 Å². The van der Waals surface area contributed by atoms with Crippen molar-refractivity contribution in [3.05, 3.63) is 144 Å². The van der Waals surface area contributed by atoms with Crippen molar-refractivity contribution in [2.75, 3.05) is 9.71 Å². The van der Waals surface area contributed by atoms with Crippen LogP contribution in [-0.4, -0.2) is 12.4 Å². The highest BCUT2D eigenvalue weighted by molar-refractivity contribution is 7.26. The van der Waals surface area contributed by atoms with E-state index in [1.807, 2.05) is 11.3 Å². The van der Waals surface area contributed by atoms with Crippen molar-refractivity contribution in [3.8, 4) is 22.3 Å². The van der Waals surface area contributed by atoms with Crippen LogP contribution < -0.4 is 20.6 Å². The number of para-hydroxylation sites is 1. The van der Waals surface area contributed by atoms with Gasteiger partial charge >= 0.3 is 6.85 Å². The van der Waals surface area contributed by atoms with Gasteiger partial charge in [-0.05, 0) is 100 Å². The van der Waals surface area contributed by atoms with Crippen LogP contribution in [0.15, 0.2) is 132 Å². The summed E-state index contributed by atoms with van der Waals surface area (Å²) >= 11 is 1.96. The van der Waals surface area contributed by atoms with E-state index in [1.54, 1.807) is 0 Å². The van der Waals surface area contributed by atoms with E-state index in [2.05, 4.69) is 192 Å². The van der Waals surface area contributed by atoms with E-state index in [-0.39, 0.29) is 28.6 Å². The third-order valence-electron chi connectivity index (χ3n) is 16.1. The largest absolute Gasteiger partial charge is 0.455 e. The van der Waals surface area contributed by atoms with Crippen LogP contribution in [0.1, 0.15) is 97.8 Å². The Morgan fingerprint density at radius 1 is 0.619 bits per heavy atom. The third kappa shape index (κ3) is 4.87. The van der Waals surface area contributed by atoms with Gasteiger partial charge in [0.2, 0.25) is 0 Å². The summed E-state index contributed by atoms with van der Waals surface area (Å²) in [5.41, 5.74) is 19.1. The number of benzene rings is 7. The highest BCUT2D eigenvalue weighted by atomic mass is 32.1. The number of thiophene rings is 1. The van der Waals surface area contributed by atoms with Gasteiger partial charge in [0.25, 0.3) is 0 Å². The second-order valence-corrected chi connectivity index (χ2v) is 22.6. The second-order valence-electron chi connectivity index (χ2n) is 21.6. The van der Waals surface area contributed by atoms with Gasteiger partial charge in [-0.1, -0.05) is 152 Å². The van der Waals surface area contributed by atoms with Gasteiger partial charge in [0.1, 0.15) is 11.2 Å². The van der Waals surface area contributed by atoms with Gasteiger partial charge in [-0.15, -0.1) is 11.3 Å². The molecule has 4 aliphatic rings. The Hall–Kier alpha value is -5.78. The van der Waals surface area contributed by atoms with Crippen LogP contribution in [-0.2, 0) is 16.2 Å². The van der Waals surface area contributed by atoms with Gasteiger partial charge in [0.05, 0.1) is 16.1 Å². The van der Waals surface area contributed by atoms with Gasteiger partial charge in [-0.25, -0.2) is 0 Å². The van der Waals surface area contributed by atoms with E-state index in [0.717, 1.165) is 17.6 Å². The molecule has 1 fully saturated rings. The lowest BCUT2D eigenvalue weighted by atomic mass is 9.42. The van der Waals surface area contributed by atoms with Crippen molar-refractivity contribution in [2.24, 2.45) is 0 Å². The first-order valence-electron chi connectivity index (χ1n) is 23.2. The molecule has 7 aromatic carbocycles. The Kier molecular flexibility index (Phi) is 7.48. The molecule has 1 saturated carbocycles. The first kappa shape index (κ1) is 37.8. The average molecular weight is 837 g/mol. The quantitative estimate of drug-likeness (QED) is 0.162. The van der Waals surface area contributed by atoms with Gasteiger partial charge in [-0.3, -0.25) is 0 Å². The highest BCUT2D eigenvalue weighted by Gasteiger charge is 2.63. The maximum absolute atomic E-state index is 7.22. The molecule has 0 radical (unpaired) electrons. The van der Waals surface area contributed by atoms with Crippen molar-refractivity contribution in [2.45, 2.75) is 103 Å². The lowest BCUT2D eigenvalue weighted by Gasteiger charge is -2.55. The number of rotatable bonds is 2. The minimum absolute atomic E-state index is 0.0147. The molecule has 2 unspecified atom stereocenters. The summed E-state index contributed by atoms with van der Waals surface area (Å²) in [5, 5.41) is 5.00. The van der Waals surface area contributed by atoms with Crippen molar-refractivity contribution in [3.63, 3.8) is 0 Å². The van der Waals surface area contributed by atoms with Crippen molar-refractivity contribution >= 4 is 94.0 Å². The van der Waals surface area contributed by atoms with Crippen LogP contribution in [0.2, 0.25) is 0 Å². The number of fused-ring (bicyclic) bond motifs is 15. The van der Waals surface area contributed by atoms with Crippen molar-refractivity contribution in [1.29, 1.82) is 0 Å². The molecule has 2 aromatic heterocycles. The molecule has 13 rings (SSSR count). The summed E-state index contributed by atoms with van der Waals surface area (Å²) in [7, 11) is 0. The molecule has 63 heavy (non-hydrogen) atoms. The number of hydrogen-bond donors (Lipinski definition) is 0. The zero-order valence-corrected chi connectivity index (χ0v) is 38.6. The van der Waals surface area contributed by atoms with Crippen LogP contribution in [0.25, 0.3) is 64.4 Å². The molecule has 2 atom stereocenters. The van der Waals surface area contributed by atoms with E-state index in [0.29, 0.717) is 0 Å². The maximum atomic E-state index is 7.22. The molecular formula is C58H53BN2OS. The number of furan rings is 1. The summed E-state index contributed by atoms with van der Waals surface area (Å²) in [6.45, 7) is 19.4. The molecule has 3 nitrogen and oxygen atoms in total. The van der Waals surface area contributed by atoms with E-state index in [4.69, 9.17) is 4.42 Å². The Labute approximate surface area is 375 Å². The van der Waals surface area contributed by atoms with E-state index in [1.165, 1.54) is 123 Å². The third-order valence-corrected chi connectivity index (χ3v) is 17.3. The van der Waals surface area contributed by atoms with Gasteiger partial charge in [-0.2, -0.15) is 0 Å². The van der Waals surface area contributed by atoms with E-state index < -0.39 is 0 Å². The highest BCUT2D eigenvalue weighted by Crippen LogP contribution is 2.65. The lowest BCUT2D eigenvalue weighted by molar-refractivity contribution is 0.199. The average Bonchev–Trinajstić information content (AvgIpc) is 3.91. The Morgan fingerprint density at radius 2 is 1.33 bits per heavy atom. The Morgan fingerprint density at radius 3 is 2.13 bits per heavy atom. The molecule has 0 N–H and O–H groups in total. The molecule has 0 amide bonds. The zero-order valence-electron chi connectivity index (χ0n) is 37.7. The molecule has 0 spiro atoms. The molecule has 1 aliphatic carbocycles. The monoisotopic (exact) mass is 836 g/mol. The molecule has 5 heterocycles. The van der Waals surface area contributed by atoms with Crippen LogP contribution in [0, 0.1) is 0 Å². The topological polar surface area (TPSA) is 19.6 Å². The first-order valence-corrected chi connectivity index (χ1v) is 24.0. The summed E-state index contributed by atoms with van der Waals surface area (Å²) in [6.07, 6.45) is 4.84. The zero-order chi connectivity index (χ0) is 42.9. The van der Waals surface area contributed by atoms with E-state index in [9.17, 15) is 0 Å². The van der Waals surface area contributed by atoms with Crippen LogP contribution >= 0.6 is 11.3 Å². The summed E-state index contributed by atoms with van der Waals surface area (Å²) in [5.74, 6) is 0. The summed E-state index contributed by atoms with van der Waals surface area (Å²) in [4.78, 5) is 5.68. The van der Waals surface area contributed by atoms with Crippen LogP contribution in [0.5, 0.6) is 0 Å². The fourth-order valence-electron chi connectivity index (χ4n) is 12.6. The molecule has 9 aromatic rings. The number of nitrogens with zero attached hydrogens (tertiary/aromatic N) is 2. The van der Waals surface area contributed by atoms with Gasteiger partial charge in [0, 0.05) is 65.3 Å². The number of hydrogen-bond acceptors (Lipinski definition) is 4. The van der Waals surface area contributed by atoms with Gasteiger partial charge in [0.15, 0.2) is 0 Å². The summed E-state index contributed by atoms with van der Waals surface area (Å²) < 4.78 is 9.90. The van der Waals surface area contributed by atoms with E-state index >= 15 is 0 Å². The first-order chi connectivity index (χ1) is 30.3.